The molecule has 3 rings (SSSR count). The van der Waals surface area contributed by atoms with Crippen LogP contribution in [0.3, 0.4) is 0 Å². The van der Waals surface area contributed by atoms with Gasteiger partial charge in [-0.05, 0) is 48.4 Å². The normalized spacial score (nSPS) is 12.3. The average molecular weight is 457 g/mol. The molecule has 2 aromatic carbocycles. The summed E-state index contributed by atoms with van der Waals surface area (Å²) in [5.74, 6) is 5.59. The molecule has 0 bridgehead atoms. The van der Waals surface area contributed by atoms with Gasteiger partial charge in [0, 0.05) is 18.0 Å². The molecule has 1 unspecified atom stereocenters. The summed E-state index contributed by atoms with van der Waals surface area (Å²) >= 11 is 0. The topological polar surface area (TPSA) is 68.6 Å². The van der Waals surface area contributed by atoms with Crippen molar-refractivity contribution in [3.63, 3.8) is 0 Å². The Kier molecular flexibility index (Phi) is 7.60. The molecule has 0 saturated carbocycles. The first kappa shape index (κ1) is 23.7. The van der Waals surface area contributed by atoms with Crippen LogP contribution in [0.1, 0.15) is 32.7 Å². The maximum absolute atomic E-state index is 13.6. The van der Waals surface area contributed by atoms with E-state index in [4.69, 9.17) is 0 Å². The van der Waals surface area contributed by atoms with Gasteiger partial charge in [-0.1, -0.05) is 60.9 Å². The van der Waals surface area contributed by atoms with Gasteiger partial charge in [0.15, 0.2) is 0 Å². The lowest BCUT2D eigenvalue weighted by Crippen LogP contribution is -2.03. The van der Waals surface area contributed by atoms with Gasteiger partial charge in [0.1, 0.15) is 5.69 Å². The van der Waals surface area contributed by atoms with E-state index < -0.39 is 15.7 Å². The van der Waals surface area contributed by atoms with Crippen molar-refractivity contribution in [2.75, 3.05) is 13.4 Å². The van der Waals surface area contributed by atoms with Crippen molar-refractivity contribution in [1.82, 2.24) is 4.98 Å². The quantitative estimate of drug-likeness (QED) is 0.286. The molecule has 0 radical (unpaired) electrons. The minimum absolute atomic E-state index is 0.213. The highest BCUT2D eigenvalue weighted by atomic mass is 32.2. The molecule has 1 aromatic heterocycles. The van der Waals surface area contributed by atoms with E-state index in [9.17, 15) is 9.00 Å². The Hall–Kier alpha value is -3.95. The monoisotopic (exact) mass is 456 g/mol. The molecule has 0 aliphatic rings. The van der Waals surface area contributed by atoms with Gasteiger partial charge in [-0.3, -0.25) is 0 Å². The molecule has 166 valence electrons. The highest BCUT2D eigenvalue weighted by molar-refractivity contribution is 7.93. The first-order chi connectivity index (χ1) is 15.9. The van der Waals surface area contributed by atoms with Crippen LogP contribution in [0.25, 0.3) is 6.08 Å². The summed E-state index contributed by atoms with van der Waals surface area (Å²) in [5, 5.41) is 0. The number of nitrogens with zero attached hydrogens (tertiary/aromatic N) is 2. The number of rotatable bonds is 5. The van der Waals surface area contributed by atoms with Crippen LogP contribution >= 0.6 is 0 Å². The Balaban J connectivity index is 2.00. The molecule has 1 atom stereocenters. The van der Waals surface area contributed by atoms with Gasteiger partial charge in [-0.15, -0.1) is 0 Å². The predicted molar refractivity (Wildman–Crippen MR) is 133 cm³/mol. The highest BCUT2D eigenvalue weighted by Gasteiger charge is 2.13. The highest BCUT2D eigenvalue weighted by Crippen LogP contribution is 2.26. The van der Waals surface area contributed by atoms with E-state index in [1.165, 1.54) is 13.3 Å². The van der Waals surface area contributed by atoms with E-state index in [1.807, 2.05) is 55.5 Å². The molecular weight excluding hydrogens is 432 g/mol. The van der Waals surface area contributed by atoms with Crippen molar-refractivity contribution in [3.05, 3.63) is 107 Å². The summed E-state index contributed by atoms with van der Waals surface area (Å²) < 4.78 is 22.9. The van der Waals surface area contributed by atoms with E-state index >= 15 is 0 Å². The number of hydrogen-bond acceptors (Lipinski definition) is 5. The third-order valence-corrected chi connectivity index (χ3v) is 6.63. The van der Waals surface area contributed by atoms with E-state index in [1.54, 1.807) is 30.5 Å². The second kappa shape index (κ2) is 10.6. The summed E-state index contributed by atoms with van der Waals surface area (Å²) in [7, 11) is -1.43. The SMILES string of the molecule is C=C/C=C\c1cccc(S(C)(=O)=Nc2ccccc2C#Cc2ccc(C(=O)OC)nc2)c1C. The summed E-state index contributed by atoms with van der Waals surface area (Å²) in [4.78, 5) is 16.3. The fraction of sp³-hybridized carbons (Fsp3) is 0.111. The van der Waals surface area contributed by atoms with Crippen molar-refractivity contribution in [3.8, 4) is 11.8 Å². The molecule has 0 spiro atoms. The number of carbonyl (C=O) groups is 1. The minimum atomic E-state index is -2.73. The molecule has 0 N–H and O–H groups in total. The van der Waals surface area contributed by atoms with E-state index in [0.717, 1.165) is 11.1 Å². The second-order valence-electron chi connectivity index (χ2n) is 7.15. The summed E-state index contributed by atoms with van der Waals surface area (Å²) in [5.41, 5.74) is 3.91. The number of esters is 1. The third-order valence-electron chi connectivity index (χ3n) is 4.82. The number of allylic oxidation sites excluding steroid dienone is 2. The predicted octanol–water partition coefficient (Wildman–Crippen LogP) is 5.56. The summed E-state index contributed by atoms with van der Waals surface area (Å²) in [6, 6.07) is 16.2. The summed E-state index contributed by atoms with van der Waals surface area (Å²) in [6.45, 7) is 5.64. The molecule has 0 fully saturated rings. The van der Waals surface area contributed by atoms with Crippen LogP contribution in [0.4, 0.5) is 5.69 Å². The van der Waals surface area contributed by atoms with Crippen LogP contribution in [0.15, 0.2) is 88.8 Å². The van der Waals surface area contributed by atoms with Gasteiger partial charge >= 0.3 is 5.97 Å². The van der Waals surface area contributed by atoms with Gasteiger partial charge in [0.2, 0.25) is 0 Å². The zero-order valence-electron chi connectivity index (χ0n) is 18.7. The number of aromatic nitrogens is 1. The van der Waals surface area contributed by atoms with E-state index in [0.29, 0.717) is 21.7 Å². The number of hydrogen-bond donors (Lipinski definition) is 0. The lowest BCUT2D eigenvalue weighted by molar-refractivity contribution is 0.0594. The van der Waals surface area contributed by atoms with Gasteiger partial charge < -0.3 is 4.74 Å². The molecule has 0 amide bonds. The molecule has 3 aromatic rings. The van der Waals surface area contributed by atoms with Crippen molar-refractivity contribution in [2.24, 2.45) is 4.36 Å². The zero-order valence-corrected chi connectivity index (χ0v) is 19.6. The van der Waals surface area contributed by atoms with Gasteiger partial charge in [-0.25, -0.2) is 14.0 Å². The Bertz CT molecular complexity index is 1400. The van der Waals surface area contributed by atoms with Crippen LogP contribution in [-0.2, 0) is 14.5 Å². The Morgan fingerprint density at radius 2 is 1.91 bits per heavy atom. The Morgan fingerprint density at radius 1 is 1.12 bits per heavy atom. The lowest BCUT2D eigenvalue weighted by Gasteiger charge is -2.11. The van der Waals surface area contributed by atoms with E-state index in [2.05, 4.69) is 32.5 Å². The molecule has 0 aliphatic heterocycles. The Morgan fingerprint density at radius 3 is 2.61 bits per heavy atom. The van der Waals surface area contributed by atoms with Gasteiger partial charge in [0.25, 0.3) is 0 Å². The fourth-order valence-corrected chi connectivity index (χ4v) is 4.77. The molecule has 0 aliphatic carbocycles. The number of methoxy groups -OCH3 is 1. The maximum atomic E-state index is 13.6. The fourth-order valence-electron chi connectivity index (χ4n) is 3.12. The number of benzene rings is 2. The minimum Gasteiger partial charge on any atom is -0.464 e. The van der Waals surface area contributed by atoms with Crippen LogP contribution in [-0.4, -0.2) is 28.5 Å². The maximum Gasteiger partial charge on any atom is 0.356 e. The lowest BCUT2D eigenvalue weighted by atomic mass is 10.1. The first-order valence-electron chi connectivity index (χ1n) is 10.1. The second-order valence-corrected chi connectivity index (χ2v) is 9.38. The van der Waals surface area contributed by atoms with Gasteiger partial charge in [-0.2, -0.15) is 4.36 Å². The number of carbonyl (C=O) groups excluding carboxylic acids is 1. The molecular formula is C27H24N2O3S. The molecule has 1 heterocycles. The molecule has 5 nitrogen and oxygen atoms in total. The third kappa shape index (κ3) is 5.85. The first-order valence-corrected chi connectivity index (χ1v) is 12.0. The van der Waals surface area contributed by atoms with Gasteiger partial charge in [0.05, 0.1) is 33.0 Å². The van der Waals surface area contributed by atoms with Crippen molar-refractivity contribution < 1.29 is 13.7 Å². The molecule has 0 saturated heterocycles. The van der Waals surface area contributed by atoms with Crippen LogP contribution in [0, 0.1) is 18.8 Å². The smallest absolute Gasteiger partial charge is 0.356 e. The summed E-state index contributed by atoms with van der Waals surface area (Å²) in [6.07, 6.45) is 8.62. The number of ether oxygens (including phenoxy) is 1. The van der Waals surface area contributed by atoms with Crippen LogP contribution < -0.4 is 0 Å². The van der Waals surface area contributed by atoms with Crippen molar-refractivity contribution >= 4 is 27.5 Å². The zero-order chi connectivity index (χ0) is 23.8. The standard InChI is InChI=1S/C27H24N2O3S/c1-5-6-10-22-12-9-14-26(20(22)2)33(4,31)29-24-13-8-7-11-23(24)17-15-21-16-18-25(28-19-21)27(30)32-3/h5-14,16,18-19H,1H2,2-4H3/b10-6-. The van der Waals surface area contributed by atoms with Crippen LogP contribution in [0.2, 0.25) is 0 Å². The number of pyridine rings is 1. The molecule has 6 heteroatoms. The average Bonchev–Trinajstić information content (AvgIpc) is 2.82. The van der Waals surface area contributed by atoms with Crippen molar-refractivity contribution in [1.29, 1.82) is 0 Å². The Labute approximate surface area is 195 Å². The van der Waals surface area contributed by atoms with Crippen LogP contribution in [0.5, 0.6) is 0 Å². The van der Waals surface area contributed by atoms with Crippen molar-refractivity contribution in [2.45, 2.75) is 11.8 Å². The largest absolute Gasteiger partial charge is 0.464 e. The molecule has 33 heavy (non-hydrogen) atoms. The van der Waals surface area contributed by atoms with E-state index in [-0.39, 0.29) is 5.69 Å².